The van der Waals surface area contributed by atoms with E-state index in [4.69, 9.17) is 9.47 Å². The number of nitrogens with zero attached hydrogens (tertiary/aromatic N) is 3. The number of fused-ring (bicyclic) bond motifs is 1. The molecule has 0 amide bonds. The summed E-state index contributed by atoms with van der Waals surface area (Å²) in [5.74, 6) is 2.15. The Bertz CT molecular complexity index is 818. The Hall–Kier alpha value is -2.40. The van der Waals surface area contributed by atoms with Crippen molar-refractivity contribution in [1.82, 2.24) is 4.90 Å². The van der Waals surface area contributed by atoms with Crippen LogP contribution in [-0.4, -0.2) is 64.9 Å². The van der Waals surface area contributed by atoms with Crippen LogP contribution in [0, 0.1) is 0 Å². The number of piperazine rings is 1. The van der Waals surface area contributed by atoms with E-state index in [9.17, 15) is 0 Å². The van der Waals surface area contributed by atoms with E-state index in [1.807, 2.05) is 0 Å². The molecule has 0 aromatic heterocycles. The van der Waals surface area contributed by atoms with Gasteiger partial charge in [0.1, 0.15) is 0 Å². The van der Waals surface area contributed by atoms with Crippen LogP contribution in [0.5, 0.6) is 11.5 Å². The smallest absolute Gasteiger partial charge is 0.162 e. The Kier molecular flexibility index (Phi) is 5.86. The van der Waals surface area contributed by atoms with Gasteiger partial charge in [-0.1, -0.05) is 18.2 Å². The standard InChI is InChI=1S/C24H33N3O2/c1-18-20(21-16-23(28-3)24(29-4)17-22(21)25(18)2)10-11-26-12-14-27(15-13-26)19-8-6-5-7-9-19/h5-9,16-18,20H,10-15H2,1-4H3. The Morgan fingerprint density at radius 2 is 1.59 bits per heavy atom. The van der Waals surface area contributed by atoms with Crippen molar-refractivity contribution in [2.45, 2.75) is 25.3 Å². The van der Waals surface area contributed by atoms with Gasteiger partial charge in [0.2, 0.25) is 0 Å². The number of rotatable bonds is 6. The van der Waals surface area contributed by atoms with Crippen molar-refractivity contribution in [1.29, 1.82) is 0 Å². The Morgan fingerprint density at radius 1 is 0.931 bits per heavy atom. The summed E-state index contributed by atoms with van der Waals surface area (Å²) < 4.78 is 11.1. The fraction of sp³-hybridized carbons (Fsp3) is 0.500. The molecule has 2 aliphatic heterocycles. The number of methoxy groups -OCH3 is 2. The van der Waals surface area contributed by atoms with Crippen LogP contribution in [0.15, 0.2) is 42.5 Å². The van der Waals surface area contributed by atoms with Crippen molar-refractivity contribution in [3.63, 3.8) is 0 Å². The minimum atomic E-state index is 0.479. The van der Waals surface area contributed by atoms with Gasteiger partial charge >= 0.3 is 0 Å². The van der Waals surface area contributed by atoms with Gasteiger partial charge < -0.3 is 19.3 Å². The van der Waals surface area contributed by atoms with Crippen LogP contribution in [0.1, 0.15) is 24.8 Å². The first kappa shape index (κ1) is 19.9. The van der Waals surface area contributed by atoms with Gasteiger partial charge in [-0.2, -0.15) is 0 Å². The molecule has 0 spiro atoms. The summed E-state index contributed by atoms with van der Waals surface area (Å²) in [5, 5.41) is 0. The summed E-state index contributed by atoms with van der Waals surface area (Å²) in [6.45, 7) is 7.93. The number of hydrogen-bond donors (Lipinski definition) is 0. The Labute approximate surface area is 174 Å². The molecule has 2 aliphatic rings. The molecule has 2 aromatic carbocycles. The zero-order valence-corrected chi connectivity index (χ0v) is 18.1. The van der Waals surface area contributed by atoms with Crippen LogP contribution in [0.25, 0.3) is 0 Å². The lowest BCUT2D eigenvalue weighted by Crippen LogP contribution is -2.47. The quantitative estimate of drug-likeness (QED) is 0.741. The second-order valence-electron chi connectivity index (χ2n) is 8.18. The number of ether oxygens (including phenoxy) is 2. The molecule has 0 aliphatic carbocycles. The maximum absolute atomic E-state index is 5.57. The van der Waals surface area contributed by atoms with Gasteiger partial charge in [-0.15, -0.1) is 0 Å². The minimum absolute atomic E-state index is 0.479. The summed E-state index contributed by atoms with van der Waals surface area (Å²) in [6.07, 6.45) is 1.17. The van der Waals surface area contributed by atoms with Crippen LogP contribution < -0.4 is 19.3 Å². The summed E-state index contributed by atoms with van der Waals surface area (Å²) in [6, 6.07) is 15.6. The normalized spacial score (nSPS) is 21.9. The molecular weight excluding hydrogens is 362 g/mol. The third kappa shape index (κ3) is 3.88. The first-order valence-electron chi connectivity index (χ1n) is 10.6. The number of para-hydroxylation sites is 1. The van der Waals surface area contributed by atoms with Crippen molar-refractivity contribution in [2.24, 2.45) is 0 Å². The van der Waals surface area contributed by atoms with E-state index in [2.05, 4.69) is 71.1 Å². The highest BCUT2D eigenvalue weighted by atomic mass is 16.5. The molecule has 2 unspecified atom stereocenters. The molecule has 0 bridgehead atoms. The largest absolute Gasteiger partial charge is 0.493 e. The van der Waals surface area contributed by atoms with E-state index in [1.165, 1.54) is 23.4 Å². The predicted octanol–water partition coefficient (Wildman–Crippen LogP) is 3.84. The van der Waals surface area contributed by atoms with E-state index < -0.39 is 0 Å². The molecule has 5 heteroatoms. The van der Waals surface area contributed by atoms with E-state index in [-0.39, 0.29) is 0 Å². The molecule has 156 valence electrons. The predicted molar refractivity (Wildman–Crippen MR) is 120 cm³/mol. The van der Waals surface area contributed by atoms with Crippen LogP contribution in [0.4, 0.5) is 11.4 Å². The van der Waals surface area contributed by atoms with Gasteiger partial charge in [0.25, 0.3) is 0 Å². The van der Waals surface area contributed by atoms with E-state index in [1.54, 1.807) is 14.2 Å². The van der Waals surface area contributed by atoms with E-state index in [0.29, 0.717) is 12.0 Å². The zero-order valence-electron chi connectivity index (χ0n) is 18.1. The fourth-order valence-electron chi connectivity index (χ4n) is 4.82. The van der Waals surface area contributed by atoms with E-state index in [0.717, 1.165) is 44.2 Å². The Balaban J connectivity index is 1.40. The van der Waals surface area contributed by atoms with Gasteiger partial charge in [0, 0.05) is 62.6 Å². The lowest BCUT2D eigenvalue weighted by molar-refractivity contribution is 0.246. The van der Waals surface area contributed by atoms with Crippen molar-refractivity contribution in [3.8, 4) is 11.5 Å². The van der Waals surface area contributed by atoms with Crippen LogP contribution in [-0.2, 0) is 0 Å². The second-order valence-corrected chi connectivity index (χ2v) is 8.18. The number of benzene rings is 2. The molecule has 2 aromatic rings. The minimum Gasteiger partial charge on any atom is -0.493 e. The first-order chi connectivity index (χ1) is 14.1. The highest BCUT2D eigenvalue weighted by Crippen LogP contribution is 2.46. The summed E-state index contributed by atoms with van der Waals surface area (Å²) >= 11 is 0. The van der Waals surface area contributed by atoms with Crippen molar-refractivity contribution < 1.29 is 9.47 Å². The topological polar surface area (TPSA) is 28.2 Å². The number of anilines is 2. The van der Waals surface area contributed by atoms with Crippen molar-refractivity contribution in [2.75, 3.05) is 63.8 Å². The van der Waals surface area contributed by atoms with Gasteiger partial charge in [-0.05, 0) is 43.7 Å². The zero-order chi connectivity index (χ0) is 20.4. The van der Waals surface area contributed by atoms with Crippen LogP contribution in [0.3, 0.4) is 0 Å². The second kappa shape index (κ2) is 8.54. The molecule has 1 fully saturated rings. The van der Waals surface area contributed by atoms with Gasteiger partial charge in [-0.3, -0.25) is 4.90 Å². The summed E-state index contributed by atoms with van der Waals surface area (Å²) in [5.41, 5.74) is 4.00. The summed E-state index contributed by atoms with van der Waals surface area (Å²) in [4.78, 5) is 7.50. The molecule has 4 rings (SSSR count). The molecule has 1 saturated heterocycles. The Morgan fingerprint density at radius 3 is 2.24 bits per heavy atom. The molecule has 2 atom stereocenters. The SMILES string of the molecule is COc1cc2c(cc1OC)N(C)C(C)C2CCN1CCN(c2ccccc2)CC1. The fourth-order valence-corrected chi connectivity index (χ4v) is 4.82. The average Bonchev–Trinajstić information content (AvgIpc) is 3.01. The molecular formula is C24H33N3O2. The average molecular weight is 396 g/mol. The molecule has 0 N–H and O–H groups in total. The molecule has 2 heterocycles. The highest BCUT2D eigenvalue weighted by Gasteiger charge is 2.35. The lowest BCUT2D eigenvalue weighted by atomic mass is 9.92. The maximum atomic E-state index is 5.57. The van der Waals surface area contributed by atoms with Gasteiger partial charge in [-0.25, -0.2) is 0 Å². The number of hydrogen-bond acceptors (Lipinski definition) is 5. The molecule has 0 saturated carbocycles. The summed E-state index contributed by atoms with van der Waals surface area (Å²) in [7, 11) is 5.61. The van der Waals surface area contributed by atoms with Gasteiger partial charge in [0.05, 0.1) is 14.2 Å². The van der Waals surface area contributed by atoms with E-state index >= 15 is 0 Å². The monoisotopic (exact) mass is 395 g/mol. The third-order valence-electron chi connectivity index (χ3n) is 6.76. The molecule has 0 radical (unpaired) electrons. The molecule has 29 heavy (non-hydrogen) atoms. The third-order valence-corrected chi connectivity index (χ3v) is 6.76. The van der Waals surface area contributed by atoms with Crippen molar-refractivity contribution >= 4 is 11.4 Å². The van der Waals surface area contributed by atoms with Crippen molar-refractivity contribution in [3.05, 3.63) is 48.0 Å². The molecule has 5 nitrogen and oxygen atoms in total. The first-order valence-corrected chi connectivity index (χ1v) is 10.6. The van der Waals surface area contributed by atoms with Gasteiger partial charge in [0.15, 0.2) is 11.5 Å². The lowest BCUT2D eigenvalue weighted by Gasteiger charge is -2.36. The van der Waals surface area contributed by atoms with Crippen LogP contribution >= 0.6 is 0 Å². The maximum Gasteiger partial charge on any atom is 0.162 e. The van der Waals surface area contributed by atoms with Crippen LogP contribution in [0.2, 0.25) is 0 Å². The highest BCUT2D eigenvalue weighted by molar-refractivity contribution is 5.67. The number of likely N-dealkylation sites (N-methyl/N-ethyl adjacent to an activating group) is 1.